The predicted molar refractivity (Wildman–Crippen MR) is 108 cm³/mol. The molecule has 0 atom stereocenters. The lowest BCUT2D eigenvalue weighted by molar-refractivity contribution is -0.141. The normalized spacial score (nSPS) is 18.9. The van der Waals surface area contributed by atoms with E-state index >= 15 is 0 Å². The zero-order valence-corrected chi connectivity index (χ0v) is 16.7. The van der Waals surface area contributed by atoms with Crippen LogP contribution in [0, 0.1) is 5.92 Å². The molecule has 8 heteroatoms. The number of hydrogen-bond donors (Lipinski definition) is 0. The first-order valence-corrected chi connectivity index (χ1v) is 10.3. The summed E-state index contributed by atoms with van der Waals surface area (Å²) in [6.45, 7) is 5.15. The van der Waals surface area contributed by atoms with E-state index in [-0.39, 0.29) is 24.5 Å². The quantitative estimate of drug-likeness (QED) is 0.758. The molecule has 3 aliphatic rings. The average Bonchev–Trinajstić information content (AvgIpc) is 3.21. The molecule has 1 aromatic heterocycles. The number of amides is 2. The topological polar surface area (TPSA) is 75.2 Å². The van der Waals surface area contributed by atoms with E-state index in [1.807, 2.05) is 17.2 Å². The Kier molecular flexibility index (Phi) is 5.00. The summed E-state index contributed by atoms with van der Waals surface area (Å²) in [4.78, 5) is 35.7. The van der Waals surface area contributed by atoms with Crippen molar-refractivity contribution >= 4 is 11.8 Å². The number of aromatic nitrogens is 1. The number of ether oxygens (including phenoxy) is 2. The van der Waals surface area contributed by atoms with Crippen molar-refractivity contribution in [3.63, 3.8) is 0 Å². The summed E-state index contributed by atoms with van der Waals surface area (Å²) in [5.41, 5.74) is 1.75. The molecule has 0 unspecified atom stereocenters. The van der Waals surface area contributed by atoms with Crippen LogP contribution in [0.3, 0.4) is 0 Å². The van der Waals surface area contributed by atoms with E-state index in [2.05, 4.69) is 16.0 Å². The maximum atomic E-state index is 12.8. The molecule has 2 aromatic rings. The van der Waals surface area contributed by atoms with Crippen molar-refractivity contribution in [3.05, 3.63) is 53.9 Å². The monoisotopic (exact) mass is 408 g/mol. The fraction of sp³-hybridized carbons (Fsp3) is 0.409. The van der Waals surface area contributed by atoms with Crippen molar-refractivity contribution in [3.8, 4) is 11.5 Å². The Labute approximate surface area is 175 Å². The van der Waals surface area contributed by atoms with Crippen molar-refractivity contribution in [1.82, 2.24) is 19.7 Å². The van der Waals surface area contributed by atoms with E-state index in [9.17, 15) is 9.59 Å². The summed E-state index contributed by atoms with van der Waals surface area (Å²) in [5, 5.41) is 0. The number of hydrogen-bond acceptors (Lipinski definition) is 6. The number of fused-ring (bicyclic) bond motifs is 1. The van der Waals surface area contributed by atoms with Gasteiger partial charge in [-0.1, -0.05) is 6.07 Å². The number of carbonyl (C=O) groups is 2. The van der Waals surface area contributed by atoms with Gasteiger partial charge in [0.15, 0.2) is 11.5 Å². The van der Waals surface area contributed by atoms with Gasteiger partial charge in [0.2, 0.25) is 12.7 Å². The molecule has 8 nitrogen and oxygen atoms in total. The lowest BCUT2D eigenvalue weighted by Crippen LogP contribution is -2.59. The molecule has 0 bridgehead atoms. The van der Waals surface area contributed by atoms with Gasteiger partial charge in [-0.3, -0.25) is 19.5 Å². The van der Waals surface area contributed by atoms with Gasteiger partial charge < -0.3 is 19.3 Å². The highest BCUT2D eigenvalue weighted by atomic mass is 16.7. The minimum atomic E-state index is -0.104. The molecule has 0 saturated carbocycles. The molecular weight excluding hydrogens is 384 g/mol. The summed E-state index contributed by atoms with van der Waals surface area (Å²) in [6.07, 6.45) is 3.66. The highest BCUT2D eigenvalue weighted by Gasteiger charge is 2.39. The van der Waals surface area contributed by atoms with Crippen LogP contribution >= 0.6 is 0 Å². The maximum Gasteiger partial charge on any atom is 0.254 e. The van der Waals surface area contributed by atoms with Gasteiger partial charge in [-0.15, -0.1) is 0 Å². The number of rotatable bonds is 4. The molecule has 2 saturated heterocycles. The SMILES string of the molecule is O=C(c1ccc2c(c1)OCO2)N1CC(C(=O)N2CCN(Cc3cccnc3)CC2)C1. The number of benzene rings is 1. The van der Waals surface area contributed by atoms with Gasteiger partial charge in [-0.25, -0.2) is 0 Å². The number of piperazine rings is 1. The van der Waals surface area contributed by atoms with E-state index in [0.717, 1.165) is 32.7 Å². The first-order chi connectivity index (χ1) is 14.7. The summed E-state index contributed by atoms with van der Waals surface area (Å²) in [5.74, 6) is 1.24. The van der Waals surface area contributed by atoms with Crippen LogP contribution in [0.1, 0.15) is 15.9 Å². The molecule has 30 heavy (non-hydrogen) atoms. The van der Waals surface area contributed by atoms with Crippen molar-refractivity contribution in [1.29, 1.82) is 0 Å². The summed E-state index contributed by atoms with van der Waals surface area (Å²) >= 11 is 0. The first kappa shape index (κ1) is 18.9. The predicted octanol–water partition coefficient (Wildman–Crippen LogP) is 1.23. The van der Waals surface area contributed by atoms with E-state index in [1.165, 1.54) is 5.56 Å². The molecule has 0 aliphatic carbocycles. The molecule has 2 amide bonds. The van der Waals surface area contributed by atoms with Crippen molar-refractivity contribution in [2.45, 2.75) is 6.54 Å². The smallest absolute Gasteiger partial charge is 0.254 e. The molecule has 156 valence electrons. The molecule has 0 radical (unpaired) electrons. The van der Waals surface area contributed by atoms with Crippen molar-refractivity contribution in [2.24, 2.45) is 5.92 Å². The zero-order chi connectivity index (χ0) is 20.5. The molecular formula is C22H24N4O4. The molecule has 2 fully saturated rings. The van der Waals surface area contributed by atoms with Crippen LogP contribution in [0.25, 0.3) is 0 Å². The Morgan fingerprint density at radius 1 is 1.00 bits per heavy atom. The largest absolute Gasteiger partial charge is 0.454 e. The fourth-order valence-electron chi connectivity index (χ4n) is 4.15. The van der Waals surface area contributed by atoms with Crippen LogP contribution < -0.4 is 9.47 Å². The van der Waals surface area contributed by atoms with Gasteiger partial charge in [0.05, 0.1) is 5.92 Å². The molecule has 0 N–H and O–H groups in total. The minimum Gasteiger partial charge on any atom is -0.454 e. The van der Waals surface area contributed by atoms with Crippen LogP contribution in [0.15, 0.2) is 42.7 Å². The van der Waals surface area contributed by atoms with E-state index in [1.54, 1.807) is 29.3 Å². The second-order valence-electron chi connectivity index (χ2n) is 7.94. The van der Waals surface area contributed by atoms with Gasteiger partial charge in [0.1, 0.15) is 0 Å². The van der Waals surface area contributed by atoms with Crippen LogP contribution in [-0.2, 0) is 11.3 Å². The lowest BCUT2D eigenvalue weighted by Gasteiger charge is -2.42. The summed E-state index contributed by atoms with van der Waals surface area (Å²) < 4.78 is 10.6. The second kappa shape index (κ2) is 7.95. The Morgan fingerprint density at radius 2 is 1.80 bits per heavy atom. The Morgan fingerprint density at radius 3 is 2.57 bits per heavy atom. The molecule has 1 aromatic carbocycles. The van der Waals surface area contributed by atoms with Crippen molar-refractivity contribution < 1.29 is 19.1 Å². The summed E-state index contributed by atoms with van der Waals surface area (Å²) in [7, 11) is 0. The van der Waals surface area contributed by atoms with Crippen LogP contribution in [-0.4, -0.2) is 77.6 Å². The molecule has 5 rings (SSSR count). The van der Waals surface area contributed by atoms with Crippen LogP contribution in [0.4, 0.5) is 0 Å². The Bertz CT molecular complexity index is 937. The third kappa shape index (κ3) is 3.70. The first-order valence-electron chi connectivity index (χ1n) is 10.3. The van der Waals surface area contributed by atoms with Crippen molar-refractivity contribution in [2.75, 3.05) is 46.1 Å². The molecule has 3 aliphatic heterocycles. The van der Waals surface area contributed by atoms with E-state index in [0.29, 0.717) is 30.2 Å². The number of likely N-dealkylation sites (tertiary alicyclic amines) is 1. The maximum absolute atomic E-state index is 12.8. The van der Waals surface area contributed by atoms with Crippen LogP contribution in [0.2, 0.25) is 0 Å². The van der Waals surface area contributed by atoms with Crippen LogP contribution in [0.5, 0.6) is 11.5 Å². The fourth-order valence-corrected chi connectivity index (χ4v) is 4.15. The minimum absolute atomic E-state index is 0.0707. The molecule has 4 heterocycles. The lowest BCUT2D eigenvalue weighted by atomic mass is 9.96. The summed E-state index contributed by atoms with van der Waals surface area (Å²) in [6, 6.07) is 9.23. The third-order valence-corrected chi connectivity index (χ3v) is 5.95. The van der Waals surface area contributed by atoms with Gasteiger partial charge in [-0.2, -0.15) is 0 Å². The van der Waals surface area contributed by atoms with Gasteiger partial charge in [0.25, 0.3) is 5.91 Å². The standard InChI is InChI=1S/C22H24N4O4/c27-21(17-3-4-19-20(10-17)30-15-29-19)26-13-18(14-26)22(28)25-8-6-24(7-9-25)12-16-2-1-5-23-11-16/h1-5,10-11,18H,6-9,12-15H2. The van der Waals surface area contributed by atoms with E-state index in [4.69, 9.17) is 9.47 Å². The second-order valence-corrected chi connectivity index (χ2v) is 7.94. The Hall–Kier alpha value is -3.13. The van der Waals surface area contributed by atoms with Gasteiger partial charge >= 0.3 is 0 Å². The number of carbonyl (C=O) groups excluding carboxylic acids is 2. The van der Waals surface area contributed by atoms with Gasteiger partial charge in [0, 0.05) is 63.8 Å². The Balaban J connectivity index is 1.10. The average molecular weight is 408 g/mol. The third-order valence-electron chi connectivity index (χ3n) is 5.95. The number of pyridine rings is 1. The zero-order valence-electron chi connectivity index (χ0n) is 16.7. The van der Waals surface area contributed by atoms with Gasteiger partial charge in [-0.05, 0) is 29.8 Å². The highest BCUT2D eigenvalue weighted by Crippen LogP contribution is 2.33. The molecule has 0 spiro atoms. The van der Waals surface area contributed by atoms with E-state index < -0.39 is 0 Å². The number of nitrogens with zero attached hydrogens (tertiary/aromatic N) is 4. The highest BCUT2D eigenvalue weighted by molar-refractivity contribution is 5.96.